The maximum Gasteiger partial charge on any atom is 0.344 e. The maximum atomic E-state index is 11.7. The Labute approximate surface area is 123 Å². The summed E-state index contributed by atoms with van der Waals surface area (Å²) in [5.74, 6) is 0.0312. The molecular weight excluding hydrogens is 270 g/mol. The number of para-hydroxylation sites is 2. The highest BCUT2D eigenvalue weighted by Gasteiger charge is 2.09. The molecule has 0 bridgehead atoms. The molecule has 0 atom stereocenters. The number of esters is 1. The molecule has 0 unspecified atom stereocenters. The smallest absolute Gasteiger partial charge is 0.344 e. The van der Waals surface area contributed by atoms with Gasteiger partial charge in [-0.05, 0) is 32.0 Å². The van der Waals surface area contributed by atoms with Crippen molar-refractivity contribution in [3.05, 3.63) is 41.7 Å². The number of benzene rings is 1. The number of nitrogens with zero attached hydrogens (tertiary/aromatic N) is 2. The average molecular weight is 289 g/mol. The molecule has 21 heavy (non-hydrogen) atoms. The summed E-state index contributed by atoms with van der Waals surface area (Å²) in [4.78, 5) is 11.7. The van der Waals surface area contributed by atoms with Crippen LogP contribution >= 0.6 is 0 Å². The van der Waals surface area contributed by atoms with Crippen LogP contribution in [0.1, 0.15) is 18.3 Å². The fourth-order valence-electron chi connectivity index (χ4n) is 1.93. The highest BCUT2D eigenvalue weighted by atomic mass is 16.6. The second-order valence-corrected chi connectivity index (χ2v) is 4.58. The Bertz CT molecular complexity index is 622. The summed E-state index contributed by atoms with van der Waals surface area (Å²) in [6.45, 7) is 4.63. The van der Waals surface area contributed by atoms with Crippen molar-refractivity contribution >= 4 is 11.7 Å². The van der Waals surface area contributed by atoms with Crippen molar-refractivity contribution < 1.29 is 14.3 Å². The Morgan fingerprint density at radius 1 is 1.38 bits per heavy atom. The Hall–Kier alpha value is -2.50. The normalized spacial score (nSPS) is 10.4. The number of aryl methyl sites for hydroxylation is 2. The van der Waals surface area contributed by atoms with Gasteiger partial charge < -0.3 is 15.2 Å². The summed E-state index contributed by atoms with van der Waals surface area (Å²) in [7, 11) is 0. The highest BCUT2D eigenvalue weighted by molar-refractivity contribution is 5.71. The number of ether oxygens (including phenoxy) is 2. The van der Waals surface area contributed by atoms with E-state index in [0.29, 0.717) is 11.4 Å². The van der Waals surface area contributed by atoms with Gasteiger partial charge in [-0.15, -0.1) is 0 Å². The molecule has 6 heteroatoms. The van der Waals surface area contributed by atoms with E-state index in [0.717, 1.165) is 17.9 Å². The van der Waals surface area contributed by atoms with Crippen LogP contribution in [0.4, 0.5) is 5.69 Å². The third-order valence-electron chi connectivity index (χ3n) is 2.93. The summed E-state index contributed by atoms with van der Waals surface area (Å²) < 4.78 is 12.3. The Morgan fingerprint density at radius 2 is 2.14 bits per heavy atom. The molecule has 0 amide bonds. The van der Waals surface area contributed by atoms with Crippen LogP contribution in [0.5, 0.6) is 5.75 Å². The second kappa shape index (κ2) is 6.78. The van der Waals surface area contributed by atoms with Crippen LogP contribution in [0.15, 0.2) is 30.3 Å². The highest BCUT2D eigenvalue weighted by Crippen LogP contribution is 2.19. The molecule has 0 saturated heterocycles. The first-order valence-electron chi connectivity index (χ1n) is 6.76. The molecule has 112 valence electrons. The SMILES string of the molecule is CCn1nc(C)cc1COC(=O)COc1ccccc1N. The van der Waals surface area contributed by atoms with Crippen LogP contribution in [0, 0.1) is 6.92 Å². The van der Waals surface area contributed by atoms with Gasteiger partial charge in [0.05, 0.1) is 17.1 Å². The van der Waals surface area contributed by atoms with Gasteiger partial charge in [-0.1, -0.05) is 12.1 Å². The van der Waals surface area contributed by atoms with Crippen molar-refractivity contribution in [2.45, 2.75) is 27.0 Å². The van der Waals surface area contributed by atoms with Crippen molar-refractivity contribution in [1.29, 1.82) is 0 Å². The first-order chi connectivity index (χ1) is 10.1. The third kappa shape index (κ3) is 3.98. The van der Waals surface area contributed by atoms with Gasteiger partial charge in [0.1, 0.15) is 12.4 Å². The number of hydrogen-bond acceptors (Lipinski definition) is 5. The van der Waals surface area contributed by atoms with E-state index >= 15 is 0 Å². The zero-order valence-corrected chi connectivity index (χ0v) is 12.2. The summed E-state index contributed by atoms with van der Waals surface area (Å²) in [5, 5.41) is 4.29. The molecule has 2 aromatic rings. The second-order valence-electron chi connectivity index (χ2n) is 4.58. The fraction of sp³-hybridized carbons (Fsp3) is 0.333. The van der Waals surface area contributed by atoms with Gasteiger partial charge >= 0.3 is 5.97 Å². The van der Waals surface area contributed by atoms with E-state index in [1.165, 1.54) is 0 Å². The van der Waals surface area contributed by atoms with Crippen molar-refractivity contribution in [2.24, 2.45) is 0 Å². The standard InChI is InChI=1S/C15H19N3O3/c1-3-18-12(8-11(2)17-18)9-21-15(19)10-20-14-7-5-4-6-13(14)16/h4-8H,3,9-10,16H2,1-2H3. The maximum absolute atomic E-state index is 11.7. The Balaban J connectivity index is 1.84. The molecule has 0 spiro atoms. The van der Waals surface area contributed by atoms with E-state index in [9.17, 15) is 4.79 Å². The molecule has 0 aliphatic carbocycles. The van der Waals surface area contributed by atoms with Gasteiger partial charge in [-0.3, -0.25) is 4.68 Å². The van der Waals surface area contributed by atoms with Crippen molar-refractivity contribution in [1.82, 2.24) is 9.78 Å². The zero-order valence-electron chi connectivity index (χ0n) is 12.2. The number of anilines is 1. The monoisotopic (exact) mass is 289 g/mol. The van der Waals surface area contributed by atoms with E-state index in [1.807, 2.05) is 19.9 Å². The predicted octanol–water partition coefficient (Wildman–Crippen LogP) is 1.92. The summed E-state index contributed by atoms with van der Waals surface area (Å²) in [6.07, 6.45) is 0. The number of carbonyl (C=O) groups excluding carboxylic acids is 1. The van der Waals surface area contributed by atoms with Crippen LogP contribution in [-0.4, -0.2) is 22.4 Å². The van der Waals surface area contributed by atoms with Gasteiger partial charge in [-0.25, -0.2) is 4.79 Å². The minimum Gasteiger partial charge on any atom is -0.480 e. The largest absolute Gasteiger partial charge is 0.480 e. The molecule has 2 N–H and O–H groups in total. The number of hydrogen-bond donors (Lipinski definition) is 1. The molecular formula is C15H19N3O3. The van der Waals surface area contributed by atoms with Crippen LogP contribution in [-0.2, 0) is 22.7 Å². The molecule has 0 radical (unpaired) electrons. The molecule has 0 aliphatic rings. The van der Waals surface area contributed by atoms with Gasteiger partial charge in [0.15, 0.2) is 6.61 Å². The molecule has 0 fully saturated rings. The first-order valence-corrected chi connectivity index (χ1v) is 6.76. The number of aromatic nitrogens is 2. The van der Waals surface area contributed by atoms with Crippen molar-refractivity contribution in [3.63, 3.8) is 0 Å². The predicted molar refractivity (Wildman–Crippen MR) is 78.8 cm³/mol. The molecule has 0 saturated carbocycles. The molecule has 6 nitrogen and oxygen atoms in total. The Morgan fingerprint density at radius 3 is 2.86 bits per heavy atom. The summed E-state index contributed by atoms with van der Waals surface area (Å²) >= 11 is 0. The number of rotatable bonds is 6. The van der Waals surface area contributed by atoms with Gasteiger partial charge in [0.2, 0.25) is 0 Å². The quantitative estimate of drug-likeness (QED) is 0.649. The number of nitrogen functional groups attached to an aromatic ring is 1. The van der Waals surface area contributed by atoms with Gasteiger partial charge in [-0.2, -0.15) is 5.10 Å². The molecule has 2 rings (SSSR count). The van der Waals surface area contributed by atoms with E-state index in [-0.39, 0.29) is 13.2 Å². The van der Waals surface area contributed by atoms with Crippen LogP contribution in [0.2, 0.25) is 0 Å². The van der Waals surface area contributed by atoms with Crippen molar-refractivity contribution in [2.75, 3.05) is 12.3 Å². The van der Waals surface area contributed by atoms with E-state index in [1.54, 1.807) is 28.9 Å². The fourth-order valence-corrected chi connectivity index (χ4v) is 1.93. The minimum absolute atomic E-state index is 0.173. The van der Waals surface area contributed by atoms with Crippen LogP contribution in [0.3, 0.4) is 0 Å². The lowest BCUT2D eigenvalue weighted by atomic mass is 10.3. The molecule has 1 heterocycles. The van der Waals surface area contributed by atoms with E-state index in [2.05, 4.69) is 5.10 Å². The lowest BCUT2D eigenvalue weighted by molar-refractivity contribution is -0.147. The molecule has 1 aromatic heterocycles. The Kier molecular flexibility index (Phi) is 4.81. The first kappa shape index (κ1) is 14.9. The van der Waals surface area contributed by atoms with Crippen LogP contribution in [0.25, 0.3) is 0 Å². The number of carbonyl (C=O) groups is 1. The third-order valence-corrected chi connectivity index (χ3v) is 2.93. The lowest BCUT2D eigenvalue weighted by Crippen LogP contribution is -2.16. The zero-order chi connectivity index (χ0) is 15.2. The van der Waals surface area contributed by atoms with Gasteiger partial charge in [0, 0.05) is 6.54 Å². The summed E-state index contributed by atoms with van der Waals surface area (Å²) in [6, 6.07) is 8.91. The molecule has 1 aromatic carbocycles. The van der Waals surface area contributed by atoms with Crippen LogP contribution < -0.4 is 10.5 Å². The lowest BCUT2D eigenvalue weighted by Gasteiger charge is -2.09. The van der Waals surface area contributed by atoms with E-state index in [4.69, 9.17) is 15.2 Å². The average Bonchev–Trinajstić information content (AvgIpc) is 2.84. The summed E-state index contributed by atoms with van der Waals surface area (Å²) in [5.41, 5.74) is 7.98. The molecule has 0 aliphatic heterocycles. The minimum atomic E-state index is -0.445. The van der Waals surface area contributed by atoms with E-state index < -0.39 is 5.97 Å². The van der Waals surface area contributed by atoms with Crippen molar-refractivity contribution in [3.8, 4) is 5.75 Å². The topological polar surface area (TPSA) is 79.4 Å². The van der Waals surface area contributed by atoms with Gasteiger partial charge in [0.25, 0.3) is 0 Å². The number of nitrogens with two attached hydrogens (primary N) is 1.